The van der Waals surface area contributed by atoms with Crippen LogP contribution in [0.15, 0.2) is 18.2 Å². The summed E-state index contributed by atoms with van der Waals surface area (Å²) in [4.78, 5) is 2.24. The van der Waals surface area contributed by atoms with Gasteiger partial charge in [-0.05, 0) is 31.0 Å². The van der Waals surface area contributed by atoms with E-state index in [4.69, 9.17) is 22.7 Å². The molecule has 0 atom stereocenters. The smallest absolute Gasteiger partial charge is 0.124 e. The van der Waals surface area contributed by atoms with Crippen molar-refractivity contribution in [3.63, 3.8) is 0 Å². The first-order valence-electron chi connectivity index (χ1n) is 6.46. The molecule has 1 aliphatic carbocycles. The van der Waals surface area contributed by atoms with Crippen molar-refractivity contribution >= 4 is 23.1 Å². The summed E-state index contributed by atoms with van der Waals surface area (Å²) in [6, 6.07) is 6.07. The summed E-state index contributed by atoms with van der Waals surface area (Å²) in [7, 11) is 2.08. The van der Waals surface area contributed by atoms with Crippen molar-refractivity contribution in [1.29, 1.82) is 5.41 Å². The number of halogens is 1. The molecule has 0 aromatic heterocycles. The molecule has 0 aliphatic heterocycles. The van der Waals surface area contributed by atoms with Crippen LogP contribution in [-0.2, 0) is 0 Å². The lowest BCUT2D eigenvalue weighted by Gasteiger charge is -2.34. The van der Waals surface area contributed by atoms with Gasteiger partial charge in [0.15, 0.2) is 0 Å². The van der Waals surface area contributed by atoms with Crippen LogP contribution in [0, 0.1) is 5.41 Å². The number of benzene rings is 1. The summed E-state index contributed by atoms with van der Waals surface area (Å²) in [6.45, 7) is 0. The monoisotopic (exact) mass is 265 g/mol. The minimum absolute atomic E-state index is 0.101. The zero-order chi connectivity index (χ0) is 13.1. The van der Waals surface area contributed by atoms with Gasteiger partial charge in [-0.3, -0.25) is 5.41 Å². The predicted octanol–water partition coefficient (Wildman–Crippen LogP) is 3.39. The van der Waals surface area contributed by atoms with Gasteiger partial charge >= 0.3 is 0 Å². The molecule has 0 saturated heterocycles. The molecule has 1 aliphatic rings. The molecule has 3 nitrogen and oxygen atoms in total. The molecule has 98 valence electrons. The molecule has 3 N–H and O–H groups in total. The van der Waals surface area contributed by atoms with Crippen LogP contribution in [0.3, 0.4) is 0 Å². The first kappa shape index (κ1) is 13.2. The van der Waals surface area contributed by atoms with Crippen LogP contribution in [0.5, 0.6) is 0 Å². The Balaban J connectivity index is 2.30. The quantitative estimate of drug-likeness (QED) is 0.650. The van der Waals surface area contributed by atoms with Gasteiger partial charge in [-0.25, -0.2) is 0 Å². The average molecular weight is 266 g/mol. The summed E-state index contributed by atoms with van der Waals surface area (Å²) in [5.74, 6) is 0.101. The number of nitrogens with one attached hydrogen (secondary N) is 1. The highest BCUT2D eigenvalue weighted by atomic mass is 35.5. The third kappa shape index (κ3) is 2.78. The molecule has 0 radical (unpaired) electrons. The SMILES string of the molecule is CN(c1cc(Cl)ccc1C(=N)N)C1CCCCC1. The number of hydrogen-bond donors (Lipinski definition) is 2. The van der Waals surface area contributed by atoms with Gasteiger partial charge in [-0.1, -0.05) is 30.9 Å². The molecule has 0 unspecified atom stereocenters. The maximum atomic E-state index is 7.66. The topological polar surface area (TPSA) is 53.1 Å². The van der Waals surface area contributed by atoms with Crippen LogP contribution >= 0.6 is 11.6 Å². The average Bonchev–Trinajstić information content (AvgIpc) is 2.38. The van der Waals surface area contributed by atoms with Crippen LogP contribution in [0.2, 0.25) is 5.02 Å². The maximum absolute atomic E-state index is 7.66. The molecule has 1 fully saturated rings. The summed E-state index contributed by atoms with van der Waals surface area (Å²) in [5.41, 5.74) is 7.39. The van der Waals surface area contributed by atoms with E-state index in [0.29, 0.717) is 11.1 Å². The van der Waals surface area contributed by atoms with Gasteiger partial charge in [0, 0.05) is 29.4 Å². The fraction of sp³-hybridized carbons (Fsp3) is 0.500. The normalized spacial score (nSPS) is 16.6. The lowest BCUT2D eigenvalue weighted by Crippen LogP contribution is -2.34. The Morgan fingerprint density at radius 1 is 1.33 bits per heavy atom. The second kappa shape index (κ2) is 5.61. The van der Waals surface area contributed by atoms with Gasteiger partial charge in [-0.15, -0.1) is 0 Å². The van der Waals surface area contributed by atoms with E-state index in [1.807, 2.05) is 12.1 Å². The molecule has 1 aromatic carbocycles. The minimum atomic E-state index is 0.101. The van der Waals surface area contributed by atoms with Gasteiger partial charge in [0.2, 0.25) is 0 Å². The van der Waals surface area contributed by atoms with E-state index in [0.717, 1.165) is 11.3 Å². The van der Waals surface area contributed by atoms with Crippen molar-refractivity contribution in [2.24, 2.45) is 5.73 Å². The van der Waals surface area contributed by atoms with Gasteiger partial charge in [0.1, 0.15) is 5.84 Å². The third-order valence-electron chi connectivity index (χ3n) is 3.75. The van der Waals surface area contributed by atoms with E-state index in [-0.39, 0.29) is 5.84 Å². The number of anilines is 1. The van der Waals surface area contributed by atoms with Crippen molar-refractivity contribution in [3.8, 4) is 0 Å². The third-order valence-corrected chi connectivity index (χ3v) is 3.99. The van der Waals surface area contributed by atoms with Crippen LogP contribution in [-0.4, -0.2) is 18.9 Å². The molecule has 0 heterocycles. The molecule has 1 aromatic rings. The highest BCUT2D eigenvalue weighted by molar-refractivity contribution is 6.31. The van der Waals surface area contributed by atoms with E-state index in [2.05, 4.69) is 11.9 Å². The molecule has 2 rings (SSSR count). The number of nitrogens with zero attached hydrogens (tertiary/aromatic N) is 1. The minimum Gasteiger partial charge on any atom is -0.384 e. The van der Waals surface area contributed by atoms with Crippen LogP contribution in [0.1, 0.15) is 37.7 Å². The van der Waals surface area contributed by atoms with Crippen LogP contribution in [0.4, 0.5) is 5.69 Å². The second-order valence-electron chi connectivity index (χ2n) is 4.98. The lowest BCUT2D eigenvalue weighted by atomic mass is 9.93. The Morgan fingerprint density at radius 3 is 2.61 bits per heavy atom. The Hall–Kier alpha value is -1.22. The van der Waals surface area contributed by atoms with Crippen LogP contribution in [0.25, 0.3) is 0 Å². The Bertz CT molecular complexity index is 439. The summed E-state index contributed by atoms with van der Waals surface area (Å²) < 4.78 is 0. The summed E-state index contributed by atoms with van der Waals surface area (Å²) >= 11 is 6.07. The summed E-state index contributed by atoms with van der Waals surface area (Å²) in [6.07, 6.45) is 6.32. The maximum Gasteiger partial charge on any atom is 0.124 e. The van der Waals surface area contributed by atoms with Crippen molar-refractivity contribution in [1.82, 2.24) is 0 Å². The fourth-order valence-electron chi connectivity index (χ4n) is 2.69. The molecule has 0 bridgehead atoms. The van der Waals surface area contributed by atoms with Gasteiger partial charge in [0.25, 0.3) is 0 Å². The Morgan fingerprint density at radius 2 is 2.00 bits per heavy atom. The van der Waals surface area contributed by atoms with Crippen molar-refractivity contribution in [3.05, 3.63) is 28.8 Å². The predicted molar refractivity (Wildman–Crippen MR) is 77.7 cm³/mol. The first-order valence-corrected chi connectivity index (χ1v) is 6.84. The van der Waals surface area contributed by atoms with Gasteiger partial charge < -0.3 is 10.6 Å². The zero-order valence-electron chi connectivity index (χ0n) is 10.7. The van der Waals surface area contributed by atoms with Gasteiger partial charge in [-0.2, -0.15) is 0 Å². The summed E-state index contributed by atoms with van der Waals surface area (Å²) in [5, 5.41) is 8.35. The van der Waals surface area contributed by atoms with E-state index in [9.17, 15) is 0 Å². The van der Waals surface area contributed by atoms with Gasteiger partial charge in [0.05, 0.1) is 0 Å². The number of nitrogen functional groups attached to an aromatic ring is 1. The van der Waals surface area contributed by atoms with Crippen molar-refractivity contribution in [2.75, 3.05) is 11.9 Å². The molecular weight excluding hydrogens is 246 g/mol. The molecule has 0 amide bonds. The van der Waals surface area contributed by atoms with E-state index in [1.54, 1.807) is 6.07 Å². The molecule has 1 saturated carbocycles. The molecule has 4 heteroatoms. The second-order valence-corrected chi connectivity index (χ2v) is 5.41. The van der Waals surface area contributed by atoms with Crippen molar-refractivity contribution in [2.45, 2.75) is 38.1 Å². The van der Waals surface area contributed by atoms with E-state index < -0.39 is 0 Å². The number of hydrogen-bond acceptors (Lipinski definition) is 2. The highest BCUT2D eigenvalue weighted by Crippen LogP contribution is 2.30. The largest absolute Gasteiger partial charge is 0.384 e. The van der Waals surface area contributed by atoms with E-state index >= 15 is 0 Å². The van der Waals surface area contributed by atoms with E-state index in [1.165, 1.54) is 32.1 Å². The Kier molecular flexibility index (Phi) is 4.12. The molecule has 0 spiro atoms. The number of rotatable bonds is 3. The highest BCUT2D eigenvalue weighted by Gasteiger charge is 2.21. The molecular formula is C14H20ClN3. The standard InChI is InChI=1S/C14H20ClN3/c1-18(11-5-3-2-4-6-11)13-9-10(15)7-8-12(13)14(16)17/h7-9,11H,2-6H2,1H3,(H3,16,17). The first-order chi connectivity index (χ1) is 8.59. The Labute approximate surface area is 113 Å². The van der Waals surface area contributed by atoms with Crippen molar-refractivity contribution < 1.29 is 0 Å². The number of amidine groups is 1. The number of nitrogens with two attached hydrogens (primary N) is 1. The lowest BCUT2D eigenvalue weighted by molar-refractivity contribution is 0.427. The van der Waals surface area contributed by atoms with Crippen LogP contribution < -0.4 is 10.6 Å². The molecule has 18 heavy (non-hydrogen) atoms. The zero-order valence-corrected chi connectivity index (χ0v) is 11.5. The fourth-order valence-corrected chi connectivity index (χ4v) is 2.86.